The summed E-state index contributed by atoms with van der Waals surface area (Å²) in [6, 6.07) is 5.75. The lowest BCUT2D eigenvalue weighted by Gasteiger charge is -2.11. The zero-order valence-electron chi connectivity index (χ0n) is 11.8. The summed E-state index contributed by atoms with van der Waals surface area (Å²) in [4.78, 5) is 11.7. The lowest BCUT2D eigenvalue weighted by atomic mass is 10.1. The van der Waals surface area contributed by atoms with Crippen LogP contribution in [0.15, 0.2) is 24.3 Å². The Morgan fingerprint density at radius 3 is 2.55 bits per heavy atom. The molecule has 0 bridgehead atoms. The smallest absolute Gasteiger partial charge is 0.406 e. The lowest BCUT2D eigenvalue weighted by Crippen LogP contribution is -2.36. The van der Waals surface area contributed by atoms with Gasteiger partial charge in [-0.1, -0.05) is 12.1 Å². The maximum atomic E-state index is 12.0. The molecule has 1 aliphatic rings. The number of nitrogens with one attached hydrogen (secondary N) is 2. The summed E-state index contributed by atoms with van der Waals surface area (Å²) < 4.78 is 39.8. The molecule has 1 amide bonds. The van der Waals surface area contributed by atoms with Crippen molar-refractivity contribution in [2.75, 3.05) is 13.1 Å². The number of amides is 1. The standard InChI is InChI=1S/C14H17F3N2O2.ClH/c15-14(16,17)21-12-4-1-10(2-5-12)3-6-13(20)19-11-7-8-18-9-11;/h1-2,4-5,11,18H,3,6-9H2,(H,19,20);1H. The zero-order chi connectivity index (χ0) is 15.3. The number of benzene rings is 1. The van der Waals surface area contributed by atoms with Gasteiger partial charge < -0.3 is 15.4 Å². The lowest BCUT2D eigenvalue weighted by molar-refractivity contribution is -0.274. The minimum Gasteiger partial charge on any atom is -0.406 e. The molecule has 1 aliphatic heterocycles. The van der Waals surface area contributed by atoms with Crippen molar-refractivity contribution in [1.82, 2.24) is 10.6 Å². The van der Waals surface area contributed by atoms with Gasteiger partial charge >= 0.3 is 6.36 Å². The maximum Gasteiger partial charge on any atom is 0.573 e. The van der Waals surface area contributed by atoms with Gasteiger partial charge in [0.25, 0.3) is 0 Å². The van der Waals surface area contributed by atoms with E-state index in [-0.39, 0.29) is 30.1 Å². The number of carbonyl (C=O) groups excluding carboxylic acids is 1. The van der Waals surface area contributed by atoms with Gasteiger partial charge in [0.15, 0.2) is 0 Å². The average Bonchev–Trinajstić information content (AvgIpc) is 2.89. The molecule has 22 heavy (non-hydrogen) atoms. The summed E-state index contributed by atoms with van der Waals surface area (Å²) in [6.07, 6.45) is -2.96. The highest BCUT2D eigenvalue weighted by molar-refractivity contribution is 5.85. The number of aryl methyl sites for hydroxylation is 1. The van der Waals surface area contributed by atoms with E-state index in [2.05, 4.69) is 15.4 Å². The third-order valence-corrected chi connectivity index (χ3v) is 3.22. The molecule has 8 heteroatoms. The third kappa shape index (κ3) is 6.53. The Balaban J connectivity index is 0.00000242. The van der Waals surface area contributed by atoms with E-state index in [1.165, 1.54) is 24.3 Å². The Morgan fingerprint density at radius 1 is 1.32 bits per heavy atom. The summed E-state index contributed by atoms with van der Waals surface area (Å²) in [5, 5.41) is 6.07. The molecule has 1 saturated heterocycles. The number of hydrogen-bond acceptors (Lipinski definition) is 3. The summed E-state index contributed by atoms with van der Waals surface area (Å²) in [5.74, 6) is -0.299. The quantitative estimate of drug-likeness (QED) is 0.867. The molecule has 1 fully saturated rings. The number of alkyl halides is 3. The highest BCUT2D eigenvalue weighted by Crippen LogP contribution is 2.22. The highest BCUT2D eigenvalue weighted by atomic mass is 35.5. The summed E-state index contributed by atoms with van der Waals surface area (Å²) in [6.45, 7) is 1.70. The fourth-order valence-corrected chi connectivity index (χ4v) is 2.19. The fourth-order valence-electron chi connectivity index (χ4n) is 2.19. The Labute approximate surface area is 132 Å². The molecule has 0 saturated carbocycles. The van der Waals surface area contributed by atoms with Gasteiger partial charge in [-0.05, 0) is 37.1 Å². The van der Waals surface area contributed by atoms with E-state index in [0.29, 0.717) is 12.8 Å². The molecule has 2 N–H and O–H groups in total. The van der Waals surface area contributed by atoms with Crippen LogP contribution in [0.1, 0.15) is 18.4 Å². The van der Waals surface area contributed by atoms with Crippen LogP contribution in [0.3, 0.4) is 0 Å². The first-order chi connectivity index (χ1) is 9.92. The monoisotopic (exact) mass is 338 g/mol. The van der Waals surface area contributed by atoms with Crippen molar-refractivity contribution in [3.8, 4) is 5.75 Å². The number of ether oxygens (including phenoxy) is 1. The Hall–Kier alpha value is -1.47. The number of rotatable bonds is 5. The van der Waals surface area contributed by atoms with Crippen LogP contribution in [-0.4, -0.2) is 31.4 Å². The van der Waals surface area contributed by atoms with Crippen molar-refractivity contribution in [1.29, 1.82) is 0 Å². The van der Waals surface area contributed by atoms with Crippen LogP contribution in [0.5, 0.6) is 5.75 Å². The maximum absolute atomic E-state index is 12.0. The molecule has 1 aromatic carbocycles. The van der Waals surface area contributed by atoms with Crippen LogP contribution in [0, 0.1) is 0 Å². The topological polar surface area (TPSA) is 50.4 Å². The van der Waals surface area contributed by atoms with Gasteiger partial charge in [0.1, 0.15) is 5.75 Å². The molecule has 124 valence electrons. The van der Waals surface area contributed by atoms with Crippen molar-refractivity contribution in [2.45, 2.75) is 31.7 Å². The minimum atomic E-state index is -4.68. The van der Waals surface area contributed by atoms with Crippen LogP contribution < -0.4 is 15.4 Å². The number of hydrogen-bond donors (Lipinski definition) is 2. The predicted molar refractivity (Wildman–Crippen MR) is 78.1 cm³/mol. The second-order valence-electron chi connectivity index (χ2n) is 4.95. The Morgan fingerprint density at radius 2 is 2.00 bits per heavy atom. The van der Waals surface area contributed by atoms with E-state index < -0.39 is 6.36 Å². The molecule has 1 atom stereocenters. The first kappa shape index (κ1) is 18.6. The highest BCUT2D eigenvalue weighted by Gasteiger charge is 2.30. The number of carbonyl (C=O) groups is 1. The average molecular weight is 339 g/mol. The number of halogens is 4. The first-order valence-corrected chi connectivity index (χ1v) is 6.77. The van der Waals surface area contributed by atoms with Crippen molar-refractivity contribution < 1.29 is 22.7 Å². The van der Waals surface area contributed by atoms with E-state index in [1.54, 1.807) is 0 Å². The summed E-state index contributed by atoms with van der Waals surface area (Å²) in [7, 11) is 0. The van der Waals surface area contributed by atoms with Gasteiger partial charge in [-0.2, -0.15) is 0 Å². The predicted octanol–water partition coefficient (Wildman–Crippen LogP) is 2.42. The van der Waals surface area contributed by atoms with E-state index in [0.717, 1.165) is 25.1 Å². The Kier molecular flexibility index (Phi) is 6.96. The molecular formula is C14H18ClF3N2O2. The van der Waals surface area contributed by atoms with Crippen LogP contribution >= 0.6 is 12.4 Å². The van der Waals surface area contributed by atoms with Crippen molar-refractivity contribution >= 4 is 18.3 Å². The van der Waals surface area contributed by atoms with Crippen LogP contribution in [0.25, 0.3) is 0 Å². The third-order valence-electron chi connectivity index (χ3n) is 3.22. The van der Waals surface area contributed by atoms with Gasteiger partial charge in [0.2, 0.25) is 5.91 Å². The van der Waals surface area contributed by atoms with E-state index >= 15 is 0 Å². The van der Waals surface area contributed by atoms with Crippen molar-refractivity contribution in [2.24, 2.45) is 0 Å². The molecular weight excluding hydrogens is 321 g/mol. The molecule has 4 nitrogen and oxygen atoms in total. The van der Waals surface area contributed by atoms with Crippen LogP contribution in [-0.2, 0) is 11.2 Å². The SMILES string of the molecule is Cl.O=C(CCc1ccc(OC(F)(F)F)cc1)NC1CCNC1. The summed E-state index contributed by atoms with van der Waals surface area (Å²) in [5.41, 5.74) is 0.796. The molecule has 0 radical (unpaired) electrons. The molecule has 1 unspecified atom stereocenters. The Bertz CT molecular complexity index is 474. The van der Waals surface area contributed by atoms with Crippen molar-refractivity contribution in [3.63, 3.8) is 0 Å². The van der Waals surface area contributed by atoms with Crippen LogP contribution in [0.2, 0.25) is 0 Å². The minimum absolute atomic E-state index is 0. The van der Waals surface area contributed by atoms with Gasteiger partial charge in [-0.25, -0.2) is 0 Å². The molecule has 0 aliphatic carbocycles. The van der Waals surface area contributed by atoms with Crippen LogP contribution in [0.4, 0.5) is 13.2 Å². The van der Waals surface area contributed by atoms with E-state index in [9.17, 15) is 18.0 Å². The van der Waals surface area contributed by atoms with E-state index in [1.807, 2.05) is 0 Å². The molecule has 2 rings (SSSR count). The van der Waals surface area contributed by atoms with Gasteiger partial charge in [-0.15, -0.1) is 25.6 Å². The zero-order valence-corrected chi connectivity index (χ0v) is 12.6. The molecule has 1 aromatic rings. The van der Waals surface area contributed by atoms with Gasteiger partial charge in [0.05, 0.1) is 0 Å². The van der Waals surface area contributed by atoms with Gasteiger partial charge in [0, 0.05) is 19.0 Å². The molecule has 0 aromatic heterocycles. The van der Waals surface area contributed by atoms with Gasteiger partial charge in [-0.3, -0.25) is 4.79 Å². The summed E-state index contributed by atoms with van der Waals surface area (Å²) >= 11 is 0. The second-order valence-corrected chi connectivity index (χ2v) is 4.95. The largest absolute Gasteiger partial charge is 0.573 e. The first-order valence-electron chi connectivity index (χ1n) is 6.77. The normalized spacial score (nSPS) is 17.7. The second kappa shape index (κ2) is 8.24. The molecule has 0 spiro atoms. The van der Waals surface area contributed by atoms with E-state index in [4.69, 9.17) is 0 Å². The molecule has 1 heterocycles. The fraction of sp³-hybridized carbons (Fsp3) is 0.500. The van der Waals surface area contributed by atoms with Crippen molar-refractivity contribution in [3.05, 3.63) is 29.8 Å².